The van der Waals surface area contributed by atoms with Gasteiger partial charge in [0.1, 0.15) is 29.8 Å². The van der Waals surface area contributed by atoms with Crippen LogP contribution in [-0.2, 0) is 23.7 Å². The number of nitrogens with one attached hydrogen (secondary N) is 1. The van der Waals surface area contributed by atoms with E-state index < -0.39 is 77.6 Å². The molecular weight excluding hydrogens is 705 g/mol. The largest absolute Gasteiger partial charge is 0.459 e. The first kappa shape index (κ1) is 42.0. The second-order valence-corrected chi connectivity index (χ2v) is 16.4. The fourth-order valence-electron chi connectivity index (χ4n) is 8.15. The van der Waals surface area contributed by atoms with Gasteiger partial charge in [-0.3, -0.25) is 4.79 Å². The number of esters is 1. The smallest absolute Gasteiger partial charge is 0.322 e. The third kappa shape index (κ3) is 8.48. The van der Waals surface area contributed by atoms with Gasteiger partial charge in [-0.25, -0.2) is 4.79 Å². The van der Waals surface area contributed by atoms with Crippen molar-refractivity contribution in [2.45, 2.75) is 141 Å². The number of hydrogen-bond acceptors (Lipinski definition) is 11. The fraction of sp³-hybridized carbons (Fsp3) is 0.778. The highest BCUT2D eigenvalue weighted by Crippen LogP contribution is 2.50. The Morgan fingerprint density at radius 3 is 2.35 bits per heavy atom. The summed E-state index contributed by atoms with van der Waals surface area (Å²) < 4.78 is 25.1. The van der Waals surface area contributed by atoms with E-state index >= 15 is 0 Å². The summed E-state index contributed by atoms with van der Waals surface area (Å²) in [4.78, 5) is 31.1. The number of amides is 2. The lowest BCUT2D eigenvalue weighted by Crippen LogP contribution is -2.61. The minimum Gasteiger partial charge on any atom is -0.459 e. The van der Waals surface area contributed by atoms with Gasteiger partial charge in [-0.1, -0.05) is 44.0 Å². The molecule has 3 aliphatic heterocycles. The van der Waals surface area contributed by atoms with Gasteiger partial charge in [-0.15, -0.1) is 0 Å². The van der Waals surface area contributed by atoms with Crippen LogP contribution in [0.4, 0.5) is 10.5 Å². The van der Waals surface area contributed by atoms with Crippen molar-refractivity contribution in [2.24, 2.45) is 17.8 Å². The van der Waals surface area contributed by atoms with Crippen LogP contribution in [0.3, 0.4) is 0 Å². The van der Waals surface area contributed by atoms with Crippen molar-refractivity contribution in [1.82, 2.24) is 9.80 Å². The first-order chi connectivity index (χ1) is 23.6. The van der Waals surface area contributed by atoms with E-state index in [-0.39, 0.29) is 48.2 Å². The highest BCUT2D eigenvalue weighted by molar-refractivity contribution is 6.36. The lowest BCUT2D eigenvalue weighted by molar-refractivity contribution is -0.286. The molecular formula is C36H57Cl2N3O10. The van der Waals surface area contributed by atoms with Crippen molar-refractivity contribution < 1.29 is 49.0 Å². The maximum Gasteiger partial charge on any atom is 0.322 e. The number of nitrogens with zero attached hydrogens (tertiary/aromatic N) is 2. The number of carbonyl (C=O) groups is 2. The fourth-order valence-corrected chi connectivity index (χ4v) is 8.61. The van der Waals surface area contributed by atoms with Crippen molar-refractivity contribution in [3.8, 4) is 0 Å². The number of fused-ring (bicyclic) bond motifs is 2. The number of likely N-dealkylation sites (N-methyl/N-ethyl adjacent to an activating group) is 1. The molecule has 51 heavy (non-hydrogen) atoms. The van der Waals surface area contributed by atoms with Gasteiger partial charge in [-0.05, 0) is 92.1 Å². The minimum absolute atomic E-state index is 0.0538. The standard InChI is InChI=1S/C36H57Cl2N3O10/c1-11-27-35(8,46)29(43)22(6)41(33(45)39-25-13-12-23(37)15-24(25)38)17-18(2)16-34(7)30(20(4)36(47,51-34)21(5)31(44)49-27)50-32-28(42)26(40(9)10)14-19(3)48-32/h12-13,15,18-22,26-30,32,42-43,46-47H,11,14,16-17H2,1-10H3,(H,39,45)/t18-,19-,20-,21+,22-,26+,27-,28-,29-,30-,32+,34?,35-,36?/m1/s1. The van der Waals surface area contributed by atoms with Crippen LogP contribution in [0.2, 0.25) is 10.0 Å². The number of anilines is 1. The summed E-state index contributed by atoms with van der Waals surface area (Å²) in [5.41, 5.74) is -3.01. The Balaban J connectivity index is 1.77. The van der Waals surface area contributed by atoms with Gasteiger partial charge in [0.05, 0.1) is 34.6 Å². The molecule has 0 spiro atoms. The Morgan fingerprint density at radius 2 is 1.76 bits per heavy atom. The zero-order chi connectivity index (χ0) is 38.4. The van der Waals surface area contributed by atoms with Gasteiger partial charge in [0, 0.05) is 23.5 Å². The summed E-state index contributed by atoms with van der Waals surface area (Å²) in [5.74, 6) is -5.43. The van der Waals surface area contributed by atoms with Gasteiger partial charge < -0.3 is 54.5 Å². The first-order valence-electron chi connectivity index (χ1n) is 17.8. The Morgan fingerprint density at radius 1 is 1.12 bits per heavy atom. The van der Waals surface area contributed by atoms with E-state index in [1.54, 1.807) is 39.8 Å². The third-order valence-electron chi connectivity index (χ3n) is 11.2. The molecule has 3 fully saturated rings. The number of aliphatic hydroxyl groups is 4. The maximum atomic E-state index is 14.0. The SMILES string of the molecule is CC[C@H]1OC(=O)[C@H](C)C2(O)OC(C)(C[C@@H](C)CN(C(=O)Nc3ccc(Cl)cc3Cl)[C@H](C)[C@@H](O)[C@]1(C)O)[C@H](O[C@@H]1O[C@H](C)C[C@H](N(C)C)[C@H]1O)[C@H]2C. The van der Waals surface area contributed by atoms with E-state index in [4.69, 9.17) is 42.1 Å². The normalized spacial score (nSPS) is 42.7. The van der Waals surface area contributed by atoms with Gasteiger partial charge in [-0.2, -0.15) is 0 Å². The molecule has 0 aromatic heterocycles. The van der Waals surface area contributed by atoms with Crippen LogP contribution < -0.4 is 5.32 Å². The van der Waals surface area contributed by atoms with Gasteiger partial charge in [0.2, 0.25) is 0 Å². The van der Waals surface area contributed by atoms with Crippen molar-refractivity contribution in [1.29, 1.82) is 0 Å². The third-order valence-corrected chi connectivity index (χ3v) is 11.7. The molecule has 3 saturated heterocycles. The molecule has 14 atom stereocenters. The van der Waals surface area contributed by atoms with E-state index in [0.717, 1.165) is 0 Å². The van der Waals surface area contributed by atoms with Crippen LogP contribution in [-0.4, -0.2) is 129 Å². The molecule has 5 N–H and O–H groups in total. The number of halogens is 2. The van der Waals surface area contributed by atoms with Crippen LogP contribution in [0.25, 0.3) is 0 Å². The molecule has 3 heterocycles. The van der Waals surface area contributed by atoms with Gasteiger partial charge in [0.15, 0.2) is 12.1 Å². The van der Waals surface area contributed by atoms with Crippen molar-refractivity contribution in [3.63, 3.8) is 0 Å². The lowest BCUT2D eigenvalue weighted by atomic mass is 9.80. The quantitative estimate of drug-likeness (QED) is 0.272. The summed E-state index contributed by atoms with van der Waals surface area (Å²) in [7, 11) is 3.74. The number of aliphatic hydroxyl groups excluding tert-OH is 2. The first-order valence-corrected chi connectivity index (χ1v) is 18.5. The van der Waals surface area contributed by atoms with Crippen LogP contribution >= 0.6 is 23.2 Å². The number of urea groups is 1. The molecule has 2 unspecified atom stereocenters. The summed E-state index contributed by atoms with van der Waals surface area (Å²) in [6.07, 6.45) is -5.15. The van der Waals surface area contributed by atoms with E-state index in [0.29, 0.717) is 11.4 Å². The van der Waals surface area contributed by atoms with Crippen molar-refractivity contribution in [2.75, 3.05) is 26.0 Å². The summed E-state index contributed by atoms with van der Waals surface area (Å²) in [5, 5.41) is 50.4. The van der Waals surface area contributed by atoms with Gasteiger partial charge >= 0.3 is 12.0 Å². The topological polar surface area (TPSA) is 170 Å². The Kier molecular flexibility index (Phi) is 13.1. The van der Waals surface area contributed by atoms with Gasteiger partial charge in [0.25, 0.3) is 0 Å². The highest BCUT2D eigenvalue weighted by Gasteiger charge is 2.64. The molecule has 0 radical (unpaired) electrons. The van der Waals surface area contributed by atoms with Crippen LogP contribution in [0.1, 0.15) is 74.7 Å². The lowest BCUT2D eigenvalue weighted by Gasteiger charge is -2.45. The molecule has 2 bridgehead atoms. The number of carbonyl (C=O) groups excluding carboxylic acids is 2. The number of ether oxygens (including phenoxy) is 4. The summed E-state index contributed by atoms with van der Waals surface area (Å²) in [6.45, 7) is 13.4. The molecule has 3 aliphatic rings. The zero-order valence-electron chi connectivity index (χ0n) is 31.3. The van der Waals surface area contributed by atoms with E-state index in [1.165, 1.54) is 24.8 Å². The Labute approximate surface area is 311 Å². The molecule has 2 amide bonds. The molecule has 290 valence electrons. The molecule has 4 rings (SSSR count). The van der Waals surface area contributed by atoms with Crippen LogP contribution in [0.15, 0.2) is 18.2 Å². The van der Waals surface area contributed by atoms with Crippen molar-refractivity contribution >= 4 is 40.9 Å². The Hall–Kier alpha value is -1.78. The number of rotatable bonds is 5. The van der Waals surface area contributed by atoms with Crippen LogP contribution in [0, 0.1) is 17.8 Å². The minimum atomic E-state index is -2.11. The second kappa shape index (κ2) is 15.9. The Bertz CT molecular complexity index is 1400. The number of cyclic esters (lactones) is 1. The number of hydrogen-bond donors (Lipinski definition) is 5. The molecule has 1 aromatic rings. The average Bonchev–Trinajstić information content (AvgIpc) is 3.23. The monoisotopic (exact) mass is 761 g/mol. The maximum absolute atomic E-state index is 14.0. The average molecular weight is 763 g/mol. The summed E-state index contributed by atoms with van der Waals surface area (Å²) in [6, 6.07) is 2.75. The molecule has 0 aliphatic carbocycles. The predicted molar refractivity (Wildman–Crippen MR) is 192 cm³/mol. The van der Waals surface area contributed by atoms with Crippen LogP contribution in [0.5, 0.6) is 0 Å². The number of benzene rings is 1. The molecule has 13 nitrogen and oxygen atoms in total. The second-order valence-electron chi connectivity index (χ2n) is 15.6. The molecule has 15 heteroatoms. The predicted octanol–water partition coefficient (Wildman–Crippen LogP) is 4.25. The van der Waals surface area contributed by atoms with E-state index in [1.807, 2.05) is 32.8 Å². The van der Waals surface area contributed by atoms with E-state index in [2.05, 4.69) is 5.32 Å². The van der Waals surface area contributed by atoms with E-state index in [9.17, 15) is 30.0 Å². The zero-order valence-corrected chi connectivity index (χ0v) is 32.8. The molecule has 0 saturated carbocycles. The summed E-state index contributed by atoms with van der Waals surface area (Å²) >= 11 is 12.5. The molecule has 1 aromatic carbocycles. The van der Waals surface area contributed by atoms with Crippen molar-refractivity contribution in [3.05, 3.63) is 28.2 Å². The highest BCUT2D eigenvalue weighted by atomic mass is 35.5.